The number of benzene rings is 1. The molecule has 2 aromatic rings. The molecule has 102 valence electrons. The van der Waals surface area contributed by atoms with Crippen molar-refractivity contribution in [3.05, 3.63) is 45.6 Å². The van der Waals surface area contributed by atoms with Crippen LogP contribution in [-0.2, 0) is 12.7 Å². The van der Waals surface area contributed by atoms with Gasteiger partial charge in [0.1, 0.15) is 0 Å². The zero-order valence-corrected chi connectivity index (χ0v) is 11.0. The van der Waals surface area contributed by atoms with E-state index in [1.165, 1.54) is 6.07 Å². The fourth-order valence-corrected chi connectivity index (χ4v) is 2.53. The third-order valence-electron chi connectivity index (χ3n) is 2.78. The van der Waals surface area contributed by atoms with E-state index < -0.39 is 11.7 Å². The predicted octanol–water partition coefficient (Wildman–Crippen LogP) is 4.27. The molecule has 3 N–H and O–H groups in total. The highest BCUT2D eigenvalue weighted by Crippen LogP contribution is 2.35. The Morgan fingerprint density at radius 1 is 1.26 bits per heavy atom. The maximum atomic E-state index is 12.7. The molecule has 0 radical (unpaired) electrons. The summed E-state index contributed by atoms with van der Waals surface area (Å²) in [5, 5.41) is 4.94. The van der Waals surface area contributed by atoms with Gasteiger partial charge in [-0.2, -0.15) is 13.2 Å². The average molecular weight is 286 g/mol. The van der Waals surface area contributed by atoms with E-state index in [0.717, 1.165) is 16.5 Å². The molecule has 19 heavy (non-hydrogen) atoms. The highest BCUT2D eigenvalue weighted by atomic mass is 32.1. The molecule has 0 fully saturated rings. The van der Waals surface area contributed by atoms with Gasteiger partial charge in [0.2, 0.25) is 0 Å². The van der Waals surface area contributed by atoms with E-state index in [9.17, 15) is 13.2 Å². The lowest BCUT2D eigenvalue weighted by molar-refractivity contribution is -0.136. The molecule has 0 amide bonds. The third kappa shape index (κ3) is 3.20. The number of alkyl halides is 3. The van der Waals surface area contributed by atoms with E-state index in [2.05, 4.69) is 5.32 Å². The number of halogens is 3. The van der Waals surface area contributed by atoms with Crippen LogP contribution < -0.4 is 11.1 Å². The zero-order valence-electron chi connectivity index (χ0n) is 10.2. The van der Waals surface area contributed by atoms with Crippen molar-refractivity contribution in [2.75, 3.05) is 11.1 Å². The lowest BCUT2D eigenvalue weighted by Crippen LogP contribution is -2.10. The van der Waals surface area contributed by atoms with Crippen molar-refractivity contribution in [2.24, 2.45) is 0 Å². The zero-order chi connectivity index (χ0) is 14.0. The average Bonchev–Trinajstić information content (AvgIpc) is 2.72. The molecule has 0 aliphatic carbocycles. The highest BCUT2D eigenvalue weighted by Gasteiger charge is 2.33. The number of rotatable bonds is 3. The second kappa shape index (κ2) is 5.13. The van der Waals surface area contributed by atoms with Crippen LogP contribution in [0, 0.1) is 6.92 Å². The summed E-state index contributed by atoms with van der Waals surface area (Å²) in [6.45, 7) is 2.47. The van der Waals surface area contributed by atoms with Gasteiger partial charge in [-0.15, -0.1) is 11.3 Å². The van der Waals surface area contributed by atoms with Crippen LogP contribution in [-0.4, -0.2) is 0 Å². The lowest BCUT2D eigenvalue weighted by Gasteiger charge is -2.13. The van der Waals surface area contributed by atoms with Crippen molar-refractivity contribution in [3.8, 4) is 0 Å². The molecule has 0 aliphatic rings. The first kappa shape index (κ1) is 13.7. The van der Waals surface area contributed by atoms with E-state index in [1.807, 2.05) is 18.4 Å². The Hall–Kier alpha value is -1.69. The van der Waals surface area contributed by atoms with Gasteiger partial charge in [-0.1, -0.05) is 0 Å². The fourth-order valence-electron chi connectivity index (χ4n) is 1.68. The Balaban J connectivity index is 2.16. The Kier molecular flexibility index (Phi) is 3.71. The normalized spacial score (nSPS) is 11.6. The molecular weight excluding hydrogens is 273 g/mol. The molecule has 0 atom stereocenters. The number of nitrogens with two attached hydrogens (primary N) is 1. The Bertz CT molecular complexity index is 576. The summed E-state index contributed by atoms with van der Waals surface area (Å²) in [5.41, 5.74) is 5.82. The summed E-state index contributed by atoms with van der Waals surface area (Å²) in [6.07, 6.45) is -4.43. The van der Waals surface area contributed by atoms with Crippen LogP contribution >= 0.6 is 11.3 Å². The second-order valence-electron chi connectivity index (χ2n) is 4.18. The first-order chi connectivity index (χ1) is 8.88. The van der Waals surface area contributed by atoms with E-state index in [4.69, 9.17) is 5.73 Å². The van der Waals surface area contributed by atoms with Gasteiger partial charge in [-0.25, -0.2) is 0 Å². The van der Waals surface area contributed by atoms with Crippen molar-refractivity contribution < 1.29 is 13.2 Å². The van der Waals surface area contributed by atoms with E-state index in [1.54, 1.807) is 17.4 Å². The van der Waals surface area contributed by atoms with Gasteiger partial charge in [0.15, 0.2) is 0 Å². The standard InChI is InChI=1S/C13H13F3N2S/c1-8-4-5-19-12(8)7-18-9-2-3-11(17)10(6-9)13(14,15)16/h2-6,18H,7,17H2,1H3. The van der Waals surface area contributed by atoms with Crippen molar-refractivity contribution in [2.45, 2.75) is 19.6 Å². The van der Waals surface area contributed by atoms with Gasteiger partial charge in [-0.3, -0.25) is 0 Å². The molecule has 1 heterocycles. The molecule has 0 saturated heterocycles. The number of aryl methyl sites for hydroxylation is 1. The summed E-state index contributed by atoms with van der Waals surface area (Å²) >= 11 is 1.57. The molecule has 0 saturated carbocycles. The Morgan fingerprint density at radius 2 is 2.00 bits per heavy atom. The summed E-state index contributed by atoms with van der Waals surface area (Å²) in [4.78, 5) is 1.10. The highest BCUT2D eigenvalue weighted by molar-refractivity contribution is 7.10. The third-order valence-corrected chi connectivity index (χ3v) is 3.80. The van der Waals surface area contributed by atoms with Gasteiger partial charge in [-0.05, 0) is 42.1 Å². The summed E-state index contributed by atoms with van der Waals surface area (Å²) in [6, 6.07) is 5.84. The van der Waals surface area contributed by atoms with Crippen LogP contribution in [0.15, 0.2) is 29.6 Å². The first-order valence-corrected chi connectivity index (χ1v) is 6.49. The molecule has 2 nitrogen and oxygen atoms in total. The number of thiophene rings is 1. The molecular formula is C13H13F3N2S. The fraction of sp³-hybridized carbons (Fsp3) is 0.231. The number of anilines is 2. The number of nitrogens with one attached hydrogen (secondary N) is 1. The number of hydrogen-bond acceptors (Lipinski definition) is 3. The van der Waals surface area contributed by atoms with Crippen molar-refractivity contribution >= 4 is 22.7 Å². The van der Waals surface area contributed by atoms with E-state index in [0.29, 0.717) is 12.2 Å². The topological polar surface area (TPSA) is 38.0 Å². The van der Waals surface area contributed by atoms with E-state index >= 15 is 0 Å². The molecule has 0 unspecified atom stereocenters. The molecule has 0 aliphatic heterocycles. The molecule has 6 heteroatoms. The monoisotopic (exact) mass is 286 g/mol. The van der Waals surface area contributed by atoms with Gasteiger partial charge < -0.3 is 11.1 Å². The largest absolute Gasteiger partial charge is 0.418 e. The summed E-state index contributed by atoms with van der Waals surface area (Å²) in [7, 11) is 0. The summed E-state index contributed by atoms with van der Waals surface area (Å²) < 4.78 is 38.1. The lowest BCUT2D eigenvalue weighted by atomic mass is 10.1. The molecule has 1 aromatic carbocycles. The SMILES string of the molecule is Cc1ccsc1CNc1ccc(N)c(C(F)(F)F)c1. The van der Waals surface area contributed by atoms with Crippen LogP contribution in [0.25, 0.3) is 0 Å². The van der Waals surface area contributed by atoms with Gasteiger partial charge in [0, 0.05) is 22.8 Å². The molecule has 1 aromatic heterocycles. The van der Waals surface area contributed by atoms with Gasteiger partial charge >= 0.3 is 6.18 Å². The van der Waals surface area contributed by atoms with Crippen LogP contribution in [0.5, 0.6) is 0 Å². The molecule has 2 rings (SSSR count). The minimum absolute atomic E-state index is 0.259. The van der Waals surface area contributed by atoms with Crippen LogP contribution in [0.3, 0.4) is 0 Å². The number of nitrogen functional groups attached to an aromatic ring is 1. The van der Waals surface area contributed by atoms with Crippen LogP contribution in [0.4, 0.5) is 24.5 Å². The Morgan fingerprint density at radius 3 is 2.58 bits per heavy atom. The van der Waals surface area contributed by atoms with Crippen LogP contribution in [0.2, 0.25) is 0 Å². The number of hydrogen-bond donors (Lipinski definition) is 2. The quantitative estimate of drug-likeness (QED) is 0.827. The molecule has 0 spiro atoms. The smallest absolute Gasteiger partial charge is 0.398 e. The van der Waals surface area contributed by atoms with Crippen LogP contribution in [0.1, 0.15) is 16.0 Å². The summed E-state index contributed by atoms with van der Waals surface area (Å²) in [5.74, 6) is 0. The maximum Gasteiger partial charge on any atom is 0.418 e. The first-order valence-electron chi connectivity index (χ1n) is 5.61. The van der Waals surface area contributed by atoms with Gasteiger partial charge in [0.05, 0.1) is 5.56 Å². The second-order valence-corrected chi connectivity index (χ2v) is 5.18. The minimum atomic E-state index is -4.43. The predicted molar refractivity (Wildman–Crippen MR) is 72.2 cm³/mol. The Labute approximate surface area is 113 Å². The van der Waals surface area contributed by atoms with E-state index in [-0.39, 0.29) is 5.69 Å². The van der Waals surface area contributed by atoms with Crippen molar-refractivity contribution in [1.82, 2.24) is 0 Å². The molecule has 0 bridgehead atoms. The van der Waals surface area contributed by atoms with Crippen molar-refractivity contribution in [1.29, 1.82) is 0 Å². The van der Waals surface area contributed by atoms with Crippen molar-refractivity contribution in [3.63, 3.8) is 0 Å². The minimum Gasteiger partial charge on any atom is -0.398 e. The van der Waals surface area contributed by atoms with Gasteiger partial charge in [0.25, 0.3) is 0 Å². The maximum absolute atomic E-state index is 12.7.